The number of hydrogen-bond donors (Lipinski definition) is 1. The lowest BCUT2D eigenvalue weighted by Crippen LogP contribution is -2.17. The zero-order chi connectivity index (χ0) is 9.10. The van der Waals surface area contributed by atoms with Crippen molar-refractivity contribution in [2.45, 2.75) is 25.8 Å². The van der Waals surface area contributed by atoms with Crippen molar-refractivity contribution < 1.29 is 0 Å². The summed E-state index contributed by atoms with van der Waals surface area (Å²) in [5, 5.41) is 3.55. The van der Waals surface area contributed by atoms with Crippen LogP contribution in [0.1, 0.15) is 31.4 Å². The highest BCUT2D eigenvalue weighted by Gasteiger charge is 2.25. The van der Waals surface area contributed by atoms with Gasteiger partial charge in [0.05, 0.1) is 0 Å². The molecule has 0 amide bonds. The smallest absolute Gasteiger partial charge is 0.0350 e. The van der Waals surface area contributed by atoms with Crippen LogP contribution in [0.4, 0.5) is 0 Å². The Morgan fingerprint density at radius 3 is 2.92 bits per heavy atom. The molecule has 0 spiro atoms. The van der Waals surface area contributed by atoms with Crippen molar-refractivity contribution in [1.82, 2.24) is 10.3 Å². The second-order valence-electron chi connectivity index (χ2n) is 3.67. The van der Waals surface area contributed by atoms with Gasteiger partial charge in [0.2, 0.25) is 0 Å². The van der Waals surface area contributed by atoms with E-state index in [9.17, 15) is 0 Å². The molecule has 0 aliphatic carbocycles. The Bertz CT molecular complexity index is 258. The van der Waals surface area contributed by atoms with Gasteiger partial charge in [-0.2, -0.15) is 0 Å². The van der Waals surface area contributed by atoms with Crippen LogP contribution in [-0.2, 0) is 0 Å². The van der Waals surface area contributed by atoms with E-state index in [1.807, 2.05) is 12.4 Å². The van der Waals surface area contributed by atoms with E-state index in [4.69, 9.17) is 0 Å². The maximum absolute atomic E-state index is 4.04. The van der Waals surface area contributed by atoms with Gasteiger partial charge in [-0.1, -0.05) is 13.3 Å². The van der Waals surface area contributed by atoms with Crippen LogP contribution in [0.3, 0.4) is 0 Å². The van der Waals surface area contributed by atoms with Crippen LogP contribution in [0.2, 0.25) is 0 Å². The molecule has 2 unspecified atom stereocenters. The highest BCUT2D eigenvalue weighted by atomic mass is 15.0. The molecular formula is C11H16N2. The quantitative estimate of drug-likeness (QED) is 0.746. The van der Waals surface area contributed by atoms with Crippen LogP contribution < -0.4 is 5.32 Å². The standard InChI is InChI=1S/C11H16N2/c1-2-9-5-8-13-11(9)10-3-6-12-7-4-10/h3-4,6-7,9,11,13H,2,5,8H2,1H3. The summed E-state index contributed by atoms with van der Waals surface area (Å²) in [6.07, 6.45) is 6.33. The van der Waals surface area contributed by atoms with E-state index in [0.717, 1.165) is 12.5 Å². The molecule has 70 valence electrons. The van der Waals surface area contributed by atoms with Gasteiger partial charge in [0.25, 0.3) is 0 Å². The van der Waals surface area contributed by atoms with Gasteiger partial charge >= 0.3 is 0 Å². The van der Waals surface area contributed by atoms with E-state index in [-0.39, 0.29) is 0 Å². The third-order valence-electron chi connectivity index (χ3n) is 2.94. The van der Waals surface area contributed by atoms with E-state index < -0.39 is 0 Å². The number of nitrogens with one attached hydrogen (secondary N) is 1. The Morgan fingerprint density at radius 2 is 2.23 bits per heavy atom. The van der Waals surface area contributed by atoms with Gasteiger partial charge in [-0.15, -0.1) is 0 Å². The normalized spacial score (nSPS) is 27.8. The van der Waals surface area contributed by atoms with Gasteiger partial charge in [-0.25, -0.2) is 0 Å². The largest absolute Gasteiger partial charge is 0.310 e. The first-order valence-electron chi connectivity index (χ1n) is 5.05. The van der Waals surface area contributed by atoms with Crippen LogP contribution in [0.25, 0.3) is 0 Å². The first-order valence-corrected chi connectivity index (χ1v) is 5.05. The summed E-state index contributed by atoms with van der Waals surface area (Å²) >= 11 is 0. The minimum absolute atomic E-state index is 0.563. The molecule has 2 rings (SSSR count). The lowest BCUT2D eigenvalue weighted by atomic mass is 9.93. The first-order chi connectivity index (χ1) is 6.42. The predicted molar refractivity (Wildman–Crippen MR) is 53.4 cm³/mol. The highest BCUT2D eigenvalue weighted by Crippen LogP contribution is 2.31. The molecule has 1 saturated heterocycles. The van der Waals surface area contributed by atoms with E-state index in [1.165, 1.54) is 18.4 Å². The summed E-state index contributed by atoms with van der Waals surface area (Å²) in [6.45, 7) is 3.43. The van der Waals surface area contributed by atoms with E-state index in [2.05, 4.69) is 29.4 Å². The van der Waals surface area contributed by atoms with E-state index in [0.29, 0.717) is 6.04 Å². The van der Waals surface area contributed by atoms with Crippen LogP contribution in [0.15, 0.2) is 24.5 Å². The molecule has 2 heterocycles. The van der Waals surface area contributed by atoms with Crippen molar-refractivity contribution in [3.63, 3.8) is 0 Å². The zero-order valence-electron chi connectivity index (χ0n) is 8.03. The summed E-state index contributed by atoms with van der Waals surface area (Å²) in [5.74, 6) is 0.808. The molecule has 2 atom stereocenters. The third kappa shape index (κ3) is 1.73. The molecule has 1 aromatic rings. The van der Waals surface area contributed by atoms with Crippen molar-refractivity contribution in [3.8, 4) is 0 Å². The average Bonchev–Trinajstić information content (AvgIpc) is 2.67. The van der Waals surface area contributed by atoms with Crippen LogP contribution in [0, 0.1) is 5.92 Å². The zero-order valence-corrected chi connectivity index (χ0v) is 8.03. The van der Waals surface area contributed by atoms with Gasteiger partial charge in [-0.3, -0.25) is 4.98 Å². The molecule has 0 saturated carbocycles. The molecule has 13 heavy (non-hydrogen) atoms. The van der Waals surface area contributed by atoms with Crippen LogP contribution in [-0.4, -0.2) is 11.5 Å². The predicted octanol–water partition coefficient (Wildman–Crippen LogP) is 2.14. The summed E-state index contributed by atoms with van der Waals surface area (Å²) in [6, 6.07) is 4.80. The Hall–Kier alpha value is -0.890. The molecule has 2 nitrogen and oxygen atoms in total. The second kappa shape index (κ2) is 3.88. The van der Waals surface area contributed by atoms with Gasteiger partial charge in [0.1, 0.15) is 0 Å². The maximum atomic E-state index is 4.04. The number of rotatable bonds is 2. The number of pyridine rings is 1. The summed E-state index contributed by atoms with van der Waals surface area (Å²) in [5.41, 5.74) is 1.39. The maximum Gasteiger partial charge on any atom is 0.0350 e. The van der Waals surface area contributed by atoms with Crippen LogP contribution >= 0.6 is 0 Å². The monoisotopic (exact) mass is 176 g/mol. The molecule has 1 aliphatic rings. The fourth-order valence-electron chi connectivity index (χ4n) is 2.16. The van der Waals surface area contributed by atoms with Gasteiger partial charge in [0, 0.05) is 18.4 Å². The number of aromatic nitrogens is 1. The molecule has 1 fully saturated rings. The van der Waals surface area contributed by atoms with Crippen molar-refractivity contribution in [1.29, 1.82) is 0 Å². The second-order valence-corrected chi connectivity index (χ2v) is 3.67. The Kier molecular flexibility index (Phi) is 2.60. The molecule has 0 radical (unpaired) electrons. The highest BCUT2D eigenvalue weighted by molar-refractivity contribution is 5.17. The van der Waals surface area contributed by atoms with Crippen molar-refractivity contribution in [2.75, 3.05) is 6.54 Å². The Labute approximate surface area is 79.4 Å². The number of nitrogens with zero attached hydrogens (tertiary/aromatic N) is 1. The van der Waals surface area contributed by atoms with Crippen molar-refractivity contribution in [3.05, 3.63) is 30.1 Å². The summed E-state index contributed by atoms with van der Waals surface area (Å²) < 4.78 is 0. The van der Waals surface area contributed by atoms with E-state index in [1.54, 1.807) is 0 Å². The topological polar surface area (TPSA) is 24.9 Å². The van der Waals surface area contributed by atoms with Gasteiger partial charge in [0.15, 0.2) is 0 Å². The molecule has 1 aromatic heterocycles. The SMILES string of the molecule is CCC1CCNC1c1ccncc1. The fourth-order valence-corrected chi connectivity index (χ4v) is 2.16. The minimum Gasteiger partial charge on any atom is -0.310 e. The number of hydrogen-bond acceptors (Lipinski definition) is 2. The molecule has 0 bridgehead atoms. The van der Waals surface area contributed by atoms with E-state index >= 15 is 0 Å². The first kappa shape index (κ1) is 8.70. The van der Waals surface area contributed by atoms with Gasteiger partial charge in [-0.05, 0) is 36.6 Å². The lowest BCUT2D eigenvalue weighted by Gasteiger charge is -2.17. The Balaban J connectivity index is 2.16. The average molecular weight is 176 g/mol. The van der Waals surface area contributed by atoms with Crippen molar-refractivity contribution in [2.24, 2.45) is 5.92 Å². The summed E-state index contributed by atoms with van der Waals surface area (Å²) in [7, 11) is 0. The molecule has 0 aromatic carbocycles. The molecule has 1 N–H and O–H groups in total. The molecule has 1 aliphatic heterocycles. The minimum atomic E-state index is 0.563. The molecular weight excluding hydrogens is 160 g/mol. The fraction of sp³-hybridized carbons (Fsp3) is 0.545. The van der Waals surface area contributed by atoms with Crippen molar-refractivity contribution >= 4 is 0 Å². The third-order valence-corrected chi connectivity index (χ3v) is 2.94. The van der Waals surface area contributed by atoms with Gasteiger partial charge < -0.3 is 5.32 Å². The Morgan fingerprint density at radius 1 is 1.46 bits per heavy atom. The molecule has 2 heteroatoms. The lowest BCUT2D eigenvalue weighted by molar-refractivity contribution is 0.449. The van der Waals surface area contributed by atoms with Crippen LogP contribution in [0.5, 0.6) is 0 Å². The summed E-state index contributed by atoms with van der Waals surface area (Å²) in [4.78, 5) is 4.04.